The normalized spacial score (nSPS) is 11.8. The first kappa shape index (κ1) is 18.9. The lowest BCUT2D eigenvalue weighted by molar-refractivity contribution is -0.136. The number of rotatable bonds is 5. The van der Waals surface area contributed by atoms with Crippen LogP contribution in [0.2, 0.25) is 0 Å². The second-order valence-electron chi connectivity index (χ2n) is 6.11. The summed E-state index contributed by atoms with van der Waals surface area (Å²) in [7, 11) is 1.51. The number of nitrogens with one attached hydrogen (secondary N) is 2. The zero-order chi connectivity index (χ0) is 17.6. The quantitative estimate of drug-likeness (QED) is 0.434. The molecule has 0 aliphatic heterocycles. The van der Waals surface area contributed by atoms with Crippen molar-refractivity contribution in [1.29, 1.82) is 0 Å². The molecule has 0 heterocycles. The molecule has 0 amide bonds. The van der Waals surface area contributed by atoms with Crippen molar-refractivity contribution < 1.29 is 14.6 Å². The molecule has 126 valence electrons. The molecular formula is C16H23N3O3S. The fourth-order valence-corrected chi connectivity index (χ4v) is 2.22. The minimum atomic E-state index is -0.913. The molecule has 6 nitrogen and oxygen atoms in total. The van der Waals surface area contributed by atoms with Gasteiger partial charge in [-0.3, -0.25) is 10.2 Å². The zero-order valence-electron chi connectivity index (χ0n) is 14.1. The SMILES string of the molecule is COc1ccc(/C(C)=N\NC(=S)NC(C)(C)C)cc1CC(=O)O. The molecule has 0 spiro atoms. The molecule has 0 saturated heterocycles. The lowest BCUT2D eigenvalue weighted by Crippen LogP contribution is -2.44. The minimum absolute atomic E-state index is 0.109. The number of hydrogen-bond donors (Lipinski definition) is 3. The number of carboxylic acids is 1. The van der Waals surface area contributed by atoms with Crippen LogP contribution in [0.1, 0.15) is 38.8 Å². The summed E-state index contributed by atoms with van der Waals surface area (Å²) in [6, 6.07) is 5.32. The molecule has 23 heavy (non-hydrogen) atoms. The first-order valence-electron chi connectivity index (χ1n) is 7.14. The van der Waals surface area contributed by atoms with Gasteiger partial charge in [0.05, 0.1) is 19.2 Å². The van der Waals surface area contributed by atoms with Gasteiger partial charge in [0.15, 0.2) is 5.11 Å². The smallest absolute Gasteiger partial charge is 0.307 e. The van der Waals surface area contributed by atoms with Crippen molar-refractivity contribution >= 4 is 29.0 Å². The third-order valence-corrected chi connectivity index (χ3v) is 3.05. The number of ether oxygens (including phenoxy) is 1. The Morgan fingerprint density at radius 1 is 1.39 bits per heavy atom. The van der Waals surface area contributed by atoms with E-state index in [9.17, 15) is 4.79 Å². The van der Waals surface area contributed by atoms with E-state index in [-0.39, 0.29) is 12.0 Å². The summed E-state index contributed by atoms with van der Waals surface area (Å²) in [6.07, 6.45) is -0.109. The van der Waals surface area contributed by atoms with Crippen molar-refractivity contribution in [2.45, 2.75) is 39.7 Å². The molecular weight excluding hydrogens is 314 g/mol. The Hall–Kier alpha value is -2.15. The first-order chi connectivity index (χ1) is 10.6. The van der Waals surface area contributed by atoms with E-state index < -0.39 is 5.97 Å². The van der Waals surface area contributed by atoms with Gasteiger partial charge in [-0.2, -0.15) is 5.10 Å². The van der Waals surface area contributed by atoms with Crippen LogP contribution in [0.5, 0.6) is 5.75 Å². The van der Waals surface area contributed by atoms with Crippen LogP contribution in [-0.2, 0) is 11.2 Å². The number of nitrogens with zero attached hydrogens (tertiary/aromatic N) is 1. The van der Waals surface area contributed by atoms with E-state index in [4.69, 9.17) is 22.1 Å². The van der Waals surface area contributed by atoms with Gasteiger partial charge < -0.3 is 15.2 Å². The van der Waals surface area contributed by atoms with Gasteiger partial charge in [-0.15, -0.1) is 0 Å². The summed E-state index contributed by atoms with van der Waals surface area (Å²) < 4.78 is 5.18. The standard InChI is InChI=1S/C16H23N3O3S/c1-10(18-19-15(23)17-16(2,3)4)11-6-7-13(22-5)12(8-11)9-14(20)21/h6-8H,9H2,1-5H3,(H,20,21)(H2,17,19,23)/b18-10-. The van der Waals surface area contributed by atoms with Crippen molar-refractivity contribution in [3.8, 4) is 5.75 Å². The maximum atomic E-state index is 10.9. The third kappa shape index (κ3) is 6.65. The number of methoxy groups -OCH3 is 1. The van der Waals surface area contributed by atoms with E-state index in [1.165, 1.54) is 7.11 Å². The van der Waals surface area contributed by atoms with Crippen LogP contribution in [0, 0.1) is 0 Å². The average molecular weight is 337 g/mol. The molecule has 0 atom stereocenters. The maximum absolute atomic E-state index is 10.9. The maximum Gasteiger partial charge on any atom is 0.307 e. The van der Waals surface area contributed by atoms with Gasteiger partial charge in [0.1, 0.15) is 5.75 Å². The highest BCUT2D eigenvalue weighted by Gasteiger charge is 2.12. The lowest BCUT2D eigenvalue weighted by Gasteiger charge is -2.21. The Bertz CT molecular complexity index is 621. The van der Waals surface area contributed by atoms with Crippen molar-refractivity contribution in [2.24, 2.45) is 5.10 Å². The second-order valence-corrected chi connectivity index (χ2v) is 6.52. The number of carbonyl (C=O) groups is 1. The summed E-state index contributed by atoms with van der Waals surface area (Å²) in [4.78, 5) is 10.9. The summed E-state index contributed by atoms with van der Waals surface area (Å²) >= 11 is 5.17. The van der Waals surface area contributed by atoms with Crippen LogP contribution >= 0.6 is 12.2 Å². The summed E-state index contributed by atoms with van der Waals surface area (Å²) in [5, 5.41) is 16.7. The zero-order valence-corrected chi connectivity index (χ0v) is 14.9. The van der Waals surface area contributed by atoms with Crippen molar-refractivity contribution in [3.05, 3.63) is 29.3 Å². The Morgan fingerprint density at radius 3 is 2.57 bits per heavy atom. The average Bonchev–Trinajstić information content (AvgIpc) is 2.42. The number of hydrazone groups is 1. The predicted octanol–water partition coefficient (Wildman–Crippen LogP) is 2.31. The Labute approximate surface area is 141 Å². The van der Waals surface area contributed by atoms with E-state index in [2.05, 4.69) is 15.8 Å². The Morgan fingerprint density at radius 2 is 2.04 bits per heavy atom. The monoisotopic (exact) mass is 337 g/mol. The summed E-state index contributed by atoms with van der Waals surface area (Å²) in [6.45, 7) is 7.82. The van der Waals surface area contributed by atoms with Gasteiger partial charge in [-0.1, -0.05) is 0 Å². The van der Waals surface area contributed by atoms with Crippen LogP contribution in [0.4, 0.5) is 0 Å². The molecule has 0 aliphatic carbocycles. The highest BCUT2D eigenvalue weighted by molar-refractivity contribution is 7.80. The molecule has 0 radical (unpaired) electrons. The minimum Gasteiger partial charge on any atom is -0.496 e. The Kier molecular flexibility index (Phi) is 6.50. The molecule has 1 rings (SSSR count). The lowest BCUT2D eigenvalue weighted by atomic mass is 10.0. The van der Waals surface area contributed by atoms with Crippen LogP contribution in [0.25, 0.3) is 0 Å². The summed E-state index contributed by atoms with van der Waals surface area (Å²) in [5.74, 6) is -0.370. The fraction of sp³-hybridized carbons (Fsp3) is 0.438. The van der Waals surface area contributed by atoms with E-state index in [0.717, 1.165) is 5.56 Å². The molecule has 0 aromatic heterocycles. The fourth-order valence-electron chi connectivity index (χ4n) is 1.87. The molecule has 1 aromatic rings. The number of hydrogen-bond acceptors (Lipinski definition) is 4. The first-order valence-corrected chi connectivity index (χ1v) is 7.54. The highest BCUT2D eigenvalue weighted by Crippen LogP contribution is 2.21. The van der Waals surface area contributed by atoms with Gasteiger partial charge in [-0.05, 0) is 63.7 Å². The van der Waals surface area contributed by atoms with Crippen LogP contribution < -0.4 is 15.5 Å². The van der Waals surface area contributed by atoms with Crippen LogP contribution in [-0.4, -0.2) is 34.5 Å². The number of thiocarbonyl (C=S) groups is 1. The van der Waals surface area contributed by atoms with Crippen molar-refractivity contribution in [2.75, 3.05) is 7.11 Å². The van der Waals surface area contributed by atoms with Crippen molar-refractivity contribution in [1.82, 2.24) is 10.7 Å². The number of carboxylic acid groups (broad SMARTS) is 1. The molecule has 3 N–H and O–H groups in total. The van der Waals surface area contributed by atoms with Gasteiger partial charge >= 0.3 is 5.97 Å². The van der Waals surface area contributed by atoms with Gasteiger partial charge in [-0.25, -0.2) is 0 Å². The third-order valence-electron chi connectivity index (χ3n) is 2.85. The van der Waals surface area contributed by atoms with Crippen molar-refractivity contribution in [3.63, 3.8) is 0 Å². The molecule has 7 heteroatoms. The molecule has 0 saturated carbocycles. The molecule has 0 aliphatic rings. The second kappa shape index (κ2) is 7.92. The summed E-state index contributed by atoms with van der Waals surface area (Å²) in [5.41, 5.74) is 4.73. The van der Waals surface area contributed by atoms with Crippen LogP contribution in [0.15, 0.2) is 23.3 Å². The highest BCUT2D eigenvalue weighted by atomic mass is 32.1. The van der Waals surface area contributed by atoms with Gasteiger partial charge in [0, 0.05) is 11.1 Å². The molecule has 0 unspecified atom stereocenters. The van der Waals surface area contributed by atoms with E-state index in [0.29, 0.717) is 22.1 Å². The Balaban J connectivity index is 2.90. The number of aliphatic carboxylic acids is 1. The van der Waals surface area contributed by atoms with Gasteiger partial charge in [0.25, 0.3) is 0 Å². The topological polar surface area (TPSA) is 83.0 Å². The number of benzene rings is 1. The van der Waals surface area contributed by atoms with E-state index >= 15 is 0 Å². The van der Waals surface area contributed by atoms with E-state index in [1.807, 2.05) is 33.8 Å². The molecule has 0 bridgehead atoms. The van der Waals surface area contributed by atoms with E-state index in [1.54, 1.807) is 12.1 Å². The molecule has 0 fully saturated rings. The van der Waals surface area contributed by atoms with Crippen LogP contribution in [0.3, 0.4) is 0 Å². The van der Waals surface area contributed by atoms with Gasteiger partial charge in [0.2, 0.25) is 0 Å². The largest absolute Gasteiger partial charge is 0.496 e. The predicted molar refractivity (Wildman–Crippen MR) is 95.2 cm³/mol. The molecule has 1 aromatic carbocycles.